The SMILES string of the molecule is C#CCNCC(=O)NCCCN1CCOCC1. The van der Waals surface area contributed by atoms with Crippen LogP contribution in [0.4, 0.5) is 0 Å². The van der Waals surface area contributed by atoms with E-state index in [0.29, 0.717) is 19.6 Å². The molecule has 1 aliphatic heterocycles. The number of hydrogen-bond acceptors (Lipinski definition) is 4. The average molecular weight is 239 g/mol. The maximum absolute atomic E-state index is 11.3. The monoisotopic (exact) mass is 239 g/mol. The number of morpholine rings is 1. The lowest BCUT2D eigenvalue weighted by Crippen LogP contribution is -2.39. The van der Waals surface area contributed by atoms with Crippen LogP contribution >= 0.6 is 0 Å². The van der Waals surface area contributed by atoms with Crippen molar-refractivity contribution in [3.63, 3.8) is 0 Å². The van der Waals surface area contributed by atoms with Crippen molar-refractivity contribution >= 4 is 5.91 Å². The highest BCUT2D eigenvalue weighted by Gasteiger charge is 2.09. The molecular weight excluding hydrogens is 218 g/mol. The number of nitrogens with zero attached hydrogens (tertiary/aromatic N) is 1. The Balaban J connectivity index is 1.92. The van der Waals surface area contributed by atoms with Gasteiger partial charge in [-0.25, -0.2) is 0 Å². The second kappa shape index (κ2) is 8.99. The molecule has 0 unspecified atom stereocenters. The first kappa shape index (κ1) is 14.0. The van der Waals surface area contributed by atoms with Crippen molar-refractivity contribution in [2.75, 3.05) is 52.5 Å². The largest absolute Gasteiger partial charge is 0.379 e. The molecule has 1 saturated heterocycles. The highest BCUT2D eigenvalue weighted by Crippen LogP contribution is 1.96. The van der Waals surface area contributed by atoms with Crippen molar-refractivity contribution < 1.29 is 9.53 Å². The van der Waals surface area contributed by atoms with Crippen LogP contribution in [0.2, 0.25) is 0 Å². The van der Waals surface area contributed by atoms with E-state index in [-0.39, 0.29) is 5.91 Å². The van der Waals surface area contributed by atoms with Gasteiger partial charge in [-0.2, -0.15) is 0 Å². The number of nitrogens with one attached hydrogen (secondary N) is 2. The fourth-order valence-corrected chi connectivity index (χ4v) is 1.67. The number of terminal acetylenes is 1. The van der Waals surface area contributed by atoms with E-state index in [4.69, 9.17) is 11.2 Å². The van der Waals surface area contributed by atoms with Crippen LogP contribution < -0.4 is 10.6 Å². The summed E-state index contributed by atoms with van der Waals surface area (Å²) in [5, 5.41) is 5.70. The van der Waals surface area contributed by atoms with Crippen LogP contribution in [-0.4, -0.2) is 63.3 Å². The van der Waals surface area contributed by atoms with Crippen LogP contribution in [0.15, 0.2) is 0 Å². The maximum atomic E-state index is 11.3. The summed E-state index contributed by atoms with van der Waals surface area (Å²) in [6.07, 6.45) is 6.03. The molecule has 5 heteroatoms. The summed E-state index contributed by atoms with van der Waals surface area (Å²) in [5.74, 6) is 2.43. The van der Waals surface area contributed by atoms with Gasteiger partial charge in [-0.05, 0) is 13.0 Å². The molecule has 1 fully saturated rings. The average Bonchev–Trinajstić information content (AvgIpc) is 2.36. The van der Waals surface area contributed by atoms with Crippen molar-refractivity contribution in [2.45, 2.75) is 6.42 Å². The van der Waals surface area contributed by atoms with Gasteiger partial charge in [-0.15, -0.1) is 6.42 Å². The van der Waals surface area contributed by atoms with Crippen LogP contribution in [-0.2, 0) is 9.53 Å². The van der Waals surface area contributed by atoms with E-state index in [9.17, 15) is 4.79 Å². The topological polar surface area (TPSA) is 53.6 Å². The molecule has 1 amide bonds. The number of hydrogen-bond donors (Lipinski definition) is 2. The van der Waals surface area contributed by atoms with Crippen molar-refractivity contribution in [2.24, 2.45) is 0 Å². The Bertz CT molecular complexity index is 257. The quantitative estimate of drug-likeness (QED) is 0.444. The molecule has 96 valence electrons. The smallest absolute Gasteiger partial charge is 0.233 e. The third kappa shape index (κ3) is 6.95. The van der Waals surface area contributed by atoms with Gasteiger partial charge < -0.3 is 10.1 Å². The highest BCUT2D eigenvalue weighted by molar-refractivity contribution is 5.77. The predicted molar refractivity (Wildman–Crippen MR) is 66.6 cm³/mol. The molecular formula is C12H21N3O2. The summed E-state index contributed by atoms with van der Waals surface area (Å²) in [6.45, 7) is 6.10. The molecule has 0 aliphatic carbocycles. The van der Waals surface area contributed by atoms with Gasteiger partial charge in [0, 0.05) is 19.6 Å². The lowest BCUT2D eigenvalue weighted by atomic mass is 10.3. The van der Waals surface area contributed by atoms with E-state index in [2.05, 4.69) is 21.5 Å². The van der Waals surface area contributed by atoms with Crippen LogP contribution in [0.3, 0.4) is 0 Å². The number of carbonyl (C=O) groups is 1. The summed E-state index contributed by atoms with van der Waals surface area (Å²) in [5.41, 5.74) is 0. The zero-order valence-corrected chi connectivity index (χ0v) is 10.2. The van der Waals surface area contributed by atoms with Crippen LogP contribution in [0.25, 0.3) is 0 Å². The zero-order chi connectivity index (χ0) is 12.3. The lowest BCUT2D eigenvalue weighted by molar-refractivity contribution is -0.120. The van der Waals surface area contributed by atoms with Gasteiger partial charge in [0.1, 0.15) is 0 Å². The van der Waals surface area contributed by atoms with E-state index < -0.39 is 0 Å². The Kier molecular flexibility index (Phi) is 7.39. The highest BCUT2D eigenvalue weighted by atomic mass is 16.5. The van der Waals surface area contributed by atoms with Gasteiger partial charge in [-0.1, -0.05) is 5.92 Å². The summed E-state index contributed by atoms with van der Waals surface area (Å²) in [4.78, 5) is 13.6. The number of ether oxygens (including phenoxy) is 1. The lowest BCUT2D eigenvalue weighted by Gasteiger charge is -2.26. The Morgan fingerprint density at radius 1 is 1.41 bits per heavy atom. The van der Waals surface area contributed by atoms with E-state index in [1.165, 1.54) is 0 Å². The van der Waals surface area contributed by atoms with Crippen LogP contribution in [0.5, 0.6) is 0 Å². The normalized spacial score (nSPS) is 16.4. The molecule has 2 N–H and O–H groups in total. The first-order valence-corrected chi connectivity index (χ1v) is 6.04. The molecule has 0 aromatic heterocycles. The first-order valence-electron chi connectivity index (χ1n) is 6.04. The predicted octanol–water partition coefficient (Wildman–Crippen LogP) is -0.952. The van der Waals surface area contributed by atoms with Gasteiger partial charge in [0.2, 0.25) is 5.91 Å². The van der Waals surface area contributed by atoms with Gasteiger partial charge >= 0.3 is 0 Å². The Morgan fingerprint density at radius 2 is 2.18 bits per heavy atom. The number of carbonyl (C=O) groups excluding carboxylic acids is 1. The molecule has 0 aromatic carbocycles. The molecule has 17 heavy (non-hydrogen) atoms. The minimum atomic E-state index is 0.00206. The van der Waals surface area contributed by atoms with Gasteiger partial charge in [0.25, 0.3) is 0 Å². The maximum Gasteiger partial charge on any atom is 0.233 e. The van der Waals surface area contributed by atoms with Gasteiger partial charge in [0.05, 0.1) is 26.3 Å². The molecule has 5 nitrogen and oxygen atoms in total. The van der Waals surface area contributed by atoms with Crippen molar-refractivity contribution in [1.29, 1.82) is 0 Å². The summed E-state index contributed by atoms with van der Waals surface area (Å²) in [7, 11) is 0. The van der Waals surface area contributed by atoms with Crippen molar-refractivity contribution in [3.8, 4) is 12.3 Å². The third-order valence-electron chi connectivity index (χ3n) is 2.59. The minimum absolute atomic E-state index is 0.00206. The minimum Gasteiger partial charge on any atom is -0.379 e. The zero-order valence-electron chi connectivity index (χ0n) is 10.2. The van der Waals surface area contributed by atoms with E-state index >= 15 is 0 Å². The number of rotatable bonds is 7. The van der Waals surface area contributed by atoms with Crippen LogP contribution in [0, 0.1) is 12.3 Å². The van der Waals surface area contributed by atoms with Crippen molar-refractivity contribution in [3.05, 3.63) is 0 Å². The molecule has 1 heterocycles. The Labute approximate surface area is 103 Å². The molecule has 0 bridgehead atoms. The third-order valence-corrected chi connectivity index (χ3v) is 2.59. The van der Waals surface area contributed by atoms with Gasteiger partial charge in [0.15, 0.2) is 0 Å². The fourth-order valence-electron chi connectivity index (χ4n) is 1.67. The van der Waals surface area contributed by atoms with E-state index in [0.717, 1.165) is 39.3 Å². The summed E-state index contributed by atoms with van der Waals surface area (Å²) < 4.78 is 5.26. The second-order valence-corrected chi connectivity index (χ2v) is 3.97. The first-order chi connectivity index (χ1) is 8.33. The van der Waals surface area contributed by atoms with E-state index in [1.54, 1.807) is 0 Å². The molecule has 1 rings (SSSR count). The molecule has 0 spiro atoms. The van der Waals surface area contributed by atoms with Crippen LogP contribution in [0.1, 0.15) is 6.42 Å². The molecule has 0 aromatic rings. The molecule has 1 aliphatic rings. The molecule has 0 radical (unpaired) electrons. The Hall–Kier alpha value is -1.09. The number of amides is 1. The molecule has 0 saturated carbocycles. The summed E-state index contributed by atoms with van der Waals surface area (Å²) >= 11 is 0. The molecule has 0 atom stereocenters. The fraction of sp³-hybridized carbons (Fsp3) is 0.750. The standard InChI is InChI=1S/C12H21N3O2/c1-2-4-13-11-12(16)14-5-3-6-15-7-9-17-10-8-15/h1,13H,3-11H2,(H,14,16). The van der Waals surface area contributed by atoms with Gasteiger partial charge in [-0.3, -0.25) is 15.0 Å². The second-order valence-electron chi connectivity index (χ2n) is 3.97. The summed E-state index contributed by atoms with van der Waals surface area (Å²) in [6, 6.07) is 0. The Morgan fingerprint density at radius 3 is 2.88 bits per heavy atom. The van der Waals surface area contributed by atoms with E-state index in [1.807, 2.05) is 0 Å². The van der Waals surface area contributed by atoms with Crippen molar-refractivity contribution in [1.82, 2.24) is 15.5 Å².